The van der Waals surface area contributed by atoms with Crippen molar-refractivity contribution in [2.45, 2.75) is 62.9 Å². The largest absolute Gasteiger partial charge is 0.478 e. The summed E-state index contributed by atoms with van der Waals surface area (Å²) in [6.07, 6.45) is 3.80. The summed E-state index contributed by atoms with van der Waals surface area (Å²) in [4.78, 5) is 36.9. The zero-order valence-electron chi connectivity index (χ0n) is 19.6. The average molecular weight is 501 g/mol. The molecule has 0 unspecified atom stereocenters. The number of imidazole rings is 1. The standard InChI is InChI=1S/C22H28N8O6/c1-2-15(31)26-13-7-14(18(33)17(13)32)29-10-23-16-19(25-12-3-5-36-6-4-12)27-22(28-20(16)29)30-9-11(8-24-30)21(34)35/h8-10,12-14,17-18,32-33H,2-7H2,1H3,(H,26,31)(H,34,35)(H,25,27,28)/t13-,14+,17+,18-/m0/s1. The van der Waals surface area contributed by atoms with Crippen molar-refractivity contribution in [3.8, 4) is 5.95 Å². The molecule has 1 amide bonds. The number of aromatic carboxylic acids is 1. The molecule has 36 heavy (non-hydrogen) atoms. The molecule has 4 heterocycles. The molecule has 192 valence electrons. The van der Waals surface area contributed by atoms with Crippen LogP contribution in [0.5, 0.6) is 0 Å². The van der Waals surface area contributed by atoms with Crippen molar-refractivity contribution in [3.63, 3.8) is 0 Å². The topological polar surface area (TPSA) is 190 Å². The highest BCUT2D eigenvalue weighted by Crippen LogP contribution is 2.34. The third kappa shape index (κ3) is 4.50. The number of anilines is 1. The highest BCUT2D eigenvalue weighted by Gasteiger charge is 2.43. The minimum Gasteiger partial charge on any atom is -0.478 e. The number of nitrogens with zero attached hydrogens (tertiary/aromatic N) is 6. The van der Waals surface area contributed by atoms with Gasteiger partial charge in [-0.25, -0.2) is 14.5 Å². The number of hydrogen-bond donors (Lipinski definition) is 5. The second-order valence-electron chi connectivity index (χ2n) is 9.02. The number of carbonyl (C=O) groups excluding carboxylic acids is 1. The van der Waals surface area contributed by atoms with Gasteiger partial charge in [-0.2, -0.15) is 15.1 Å². The van der Waals surface area contributed by atoms with Crippen LogP contribution in [0.4, 0.5) is 5.82 Å². The van der Waals surface area contributed by atoms with Gasteiger partial charge in [0, 0.05) is 31.9 Å². The van der Waals surface area contributed by atoms with Crippen LogP contribution in [0.15, 0.2) is 18.7 Å². The zero-order valence-corrected chi connectivity index (χ0v) is 19.6. The quantitative estimate of drug-likeness (QED) is 0.290. The van der Waals surface area contributed by atoms with Gasteiger partial charge in [-0.15, -0.1) is 0 Å². The lowest BCUT2D eigenvalue weighted by molar-refractivity contribution is -0.122. The van der Waals surface area contributed by atoms with E-state index in [1.54, 1.807) is 11.5 Å². The molecule has 14 nitrogen and oxygen atoms in total. The summed E-state index contributed by atoms with van der Waals surface area (Å²) in [6.45, 7) is 2.95. The van der Waals surface area contributed by atoms with Gasteiger partial charge in [-0.05, 0) is 19.3 Å². The Labute approximate surface area is 205 Å². The molecule has 1 saturated heterocycles. The number of aromatic nitrogens is 6. The van der Waals surface area contributed by atoms with E-state index in [2.05, 4.69) is 30.7 Å². The van der Waals surface area contributed by atoms with Gasteiger partial charge in [0.25, 0.3) is 5.95 Å². The van der Waals surface area contributed by atoms with Crippen LogP contribution >= 0.6 is 0 Å². The Kier molecular flexibility index (Phi) is 6.55. The van der Waals surface area contributed by atoms with E-state index in [9.17, 15) is 24.9 Å². The fraction of sp³-hybridized carbons (Fsp3) is 0.545. The molecule has 1 aliphatic heterocycles. The maximum atomic E-state index is 11.9. The summed E-state index contributed by atoms with van der Waals surface area (Å²) in [5.41, 5.74) is 0.814. The lowest BCUT2D eigenvalue weighted by Crippen LogP contribution is -2.42. The molecule has 0 aromatic carbocycles. The lowest BCUT2D eigenvalue weighted by Gasteiger charge is -2.24. The molecule has 1 aliphatic carbocycles. The molecular weight excluding hydrogens is 472 g/mol. The molecule has 3 aromatic rings. The normalized spacial score (nSPS) is 24.8. The minimum absolute atomic E-state index is 0.0185. The van der Waals surface area contributed by atoms with E-state index in [1.165, 1.54) is 23.4 Å². The monoisotopic (exact) mass is 500 g/mol. The summed E-state index contributed by atoms with van der Waals surface area (Å²) >= 11 is 0. The van der Waals surface area contributed by atoms with Crippen LogP contribution in [0.3, 0.4) is 0 Å². The first-order valence-electron chi connectivity index (χ1n) is 11.9. The van der Waals surface area contributed by atoms with Gasteiger partial charge >= 0.3 is 5.97 Å². The van der Waals surface area contributed by atoms with E-state index in [-0.39, 0.29) is 36.3 Å². The Hall–Kier alpha value is -3.62. The van der Waals surface area contributed by atoms with E-state index in [1.807, 2.05) is 0 Å². The van der Waals surface area contributed by atoms with E-state index >= 15 is 0 Å². The maximum absolute atomic E-state index is 11.9. The fourth-order valence-electron chi connectivity index (χ4n) is 4.66. The molecule has 5 rings (SSSR count). The van der Waals surface area contributed by atoms with Crippen LogP contribution in [-0.2, 0) is 9.53 Å². The molecular formula is C22H28N8O6. The van der Waals surface area contributed by atoms with E-state index in [0.717, 1.165) is 12.8 Å². The molecule has 14 heteroatoms. The van der Waals surface area contributed by atoms with Gasteiger partial charge < -0.3 is 35.3 Å². The van der Waals surface area contributed by atoms with Crippen molar-refractivity contribution in [3.05, 3.63) is 24.3 Å². The molecule has 1 saturated carbocycles. The summed E-state index contributed by atoms with van der Waals surface area (Å²) < 4.78 is 8.36. The lowest BCUT2D eigenvalue weighted by atomic mass is 10.1. The third-order valence-corrected chi connectivity index (χ3v) is 6.68. The van der Waals surface area contributed by atoms with Gasteiger partial charge in [0.15, 0.2) is 17.0 Å². The van der Waals surface area contributed by atoms with E-state index in [0.29, 0.717) is 30.2 Å². The number of aliphatic hydroxyl groups is 2. The van der Waals surface area contributed by atoms with E-state index in [4.69, 9.17) is 4.74 Å². The van der Waals surface area contributed by atoms with Crippen molar-refractivity contribution in [2.75, 3.05) is 18.5 Å². The first-order valence-corrected chi connectivity index (χ1v) is 11.9. The SMILES string of the molecule is CCC(=O)N[C@H]1C[C@@H](n2cnc3c(NC4CCOCC4)nc(-n4cc(C(=O)O)cn4)nc32)[C@H](O)[C@@H]1O. The van der Waals surface area contributed by atoms with Gasteiger partial charge in [0.05, 0.1) is 30.2 Å². The predicted molar refractivity (Wildman–Crippen MR) is 125 cm³/mol. The number of carboxylic acid groups (broad SMARTS) is 1. The Morgan fingerprint density at radius 1 is 1.19 bits per heavy atom. The molecule has 2 fully saturated rings. The van der Waals surface area contributed by atoms with Crippen LogP contribution in [-0.4, -0.2) is 94.0 Å². The Bertz CT molecular complexity index is 1270. The van der Waals surface area contributed by atoms with Gasteiger partial charge in [0.2, 0.25) is 5.91 Å². The Morgan fingerprint density at radius 2 is 1.97 bits per heavy atom. The Morgan fingerprint density at radius 3 is 2.67 bits per heavy atom. The van der Waals surface area contributed by atoms with E-state index < -0.39 is 30.3 Å². The molecule has 4 atom stereocenters. The van der Waals surface area contributed by atoms with Crippen LogP contribution in [0.1, 0.15) is 49.0 Å². The third-order valence-electron chi connectivity index (χ3n) is 6.68. The number of carbonyl (C=O) groups is 2. The van der Waals surface area contributed by atoms with Crippen molar-refractivity contribution in [1.29, 1.82) is 0 Å². The highest BCUT2D eigenvalue weighted by atomic mass is 16.5. The number of fused-ring (bicyclic) bond motifs is 1. The summed E-state index contributed by atoms with van der Waals surface area (Å²) in [6, 6.07) is -1.15. The molecule has 0 radical (unpaired) electrons. The minimum atomic E-state index is -1.17. The second kappa shape index (κ2) is 9.79. The first-order chi connectivity index (χ1) is 17.4. The zero-order chi connectivity index (χ0) is 25.4. The Balaban J connectivity index is 1.55. The fourth-order valence-corrected chi connectivity index (χ4v) is 4.66. The molecule has 3 aromatic heterocycles. The number of amides is 1. The van der Waals surface area contributed by atoms with Crippen molar-refractivity contribution >= 4 is 28.9 Å². The summed E-state index contributed by atoms with van der Waals surface area (Å²) in [5, 5.41) is 40.9. The van der Waals surface area contributed by atoms with Crippen LogP contribution in [0, 0.1) is 0 Å². The van der Waals surface area contributed by atoms with Gasteiger partial charge in [-0.1, -0.05) is 6.92 Å². The van der Waals surface area contributed by atoms with Crippen LogP contribution in [0.25, 0.3) is 17.1 Å². The number of hydrogen-bond acceptors (Lipinski definition) is 10. The van der Waals surface area contributed by atoms with Crippen molar-refractivity contribution in [2.24, 2.45) is 0 Å². The first kappa shape index (κ1) is 24.1. The molecule has 0 bridgehead atoms. The van der Waals surface area contributed by atoms with Crippen LogP contribution in [0.2, 0.25) is 0 Å². The van der Waals surface area contributed by atoms with Crippen LogP contribution < -0.4 is 10.6 Å². The average Bonchev–Trinajstić information content (AvgIpc) is 3.59. The maximum Gasteiger partial charge on any atom is 0.338 e. The number of rotatable bonds is 7. The van der Waals surface area contributed by atoms with Crippen molar-refractivity contribution in [1.82, 2.24) is 34.6 Å². The molecule has 2 aliphatic rings. The number of carboxylic acids is 1. The second-order valence-corrected chi connectivity index (χ2v) is 9.02. The van der Waals surface area contributed by atoms with Gasteiger partial charge in [-0.3, -0.25) is 4.79 Å². The summed E-state index contributed by atoms with van der Waals surface area (Å²) in [7, 11) is 0. The molecule has 0 spiro atoms. The number of aliphatic hydroxyl groups excluding tert-OH is 2. The van der Waals surface area contributed by atoms with Gasteiger partial charge in [0.1, 0.15) is 12.2 Å². The highest BCUT2D eigenvalue weighted by molar-refractivity contribution is 5.87. The number of ether oxygens (including phenoxy) is 1. The number of nitrogens with one attached hydrogen (secondary N) is 2. The van der Waals surface area contributed by atoms with Crippen molar-refractivity contribution < 1.29 is 29.6 Å². The predicted octanol–water partition coefficient (Wildman–Crippen LogP) is -0.137. The molecule has 5 N–H and O–H groups in total. The summed E-state index contributed by atoms with van der Waals surface area (Å²) in [5.74, 6) is -0.786. The smallest absolute Gasteiger partial charge is 0.338 e.